The van der Waals surface area contributed by atoms with Gasteiger partial charge in [0.15, 0.2) is 16.7 Å². The van der Waals surface area contributed by atoms with Crippen LogP contribution in [0.1, 0.15) is 64.9 Å². The summed E-state index contributed by atoms with van der Waals surface area (Å²) in [6, 6.07) is 3.43. The van der Waals surface area contributed by atoms with Crippen molar-refractivity contribution in [3.63, 3.8) is 0 Å². The van der Waals surface area contributed by atoms with Crippen LogP contribution in [0, 0.1) is 5.92 Å². The standard InChI is InChI=1S/C23H33N3O3S/c1-6-7-8-9-10-11-12-30-23-24-17-14-19(29-5)18(28-4)13-16(17)21-25-22(27)20(15(2)3)26(21)23/h13-15,20H,6-12H2,1-5H3/t20-/m1/s1. The Hall–Kier alpha value is -2.02. The van der Waals surface area contributed by atoms with Crippen molar-refractivity contribution in [2.45, 2.75) is 65.3 Å². The first kappa shape index (κ1) is 22.7. The minimum absolute atomic E-state index is 0.101. The van der Waals surface area contributed by atoms with Gasteiger partial charge in [0, 0.05) is 17.4 Å². The molecule has 164 valence electrons. The molecule has 0 radical (unpaired) electrons. The highest BCUT2D eigenvalue weighted by Crippen LogP contribution is 2.41. The van der Waals surface area contributed by atoms with Crippen LogP contribution in [0.4, 0.5) is 5.69 Å². The van der Waals surface area contributed by atoms with Crippen LogP contribution in [0.2, 0.25) is 0 Å². The summed E-state index contributed by atoms with van der Waals surface area (Å²) >= 11 is 1.72. The minimum atomic E-state index is -0.308. The minimum Gasteiger partial charge on any atom is -0.493 e. The molecule has 0 unspecified atom stereocenters. The lowest BCUT2D eigenvalue weighted by Gasteiger charge is -2.33. The van der Waals surface area contributed by atoms with Crippen molar-refractivity contribution in [2.24, 2.45) is 15.9 Å². The number of methoxy groups -OCH3 is 2. The molecule has 2 heterocycles. The lowest BCUT2D eigenvalue weighted by atomic mass is 10.0. The number of unbranched alkanes of at least 4 members (excludes halogenated alkanes) is 5. The second-order valence-corrected chi connectivity index (χ2v) is 9.13. The van der Waals surface area contributed by atoms with Crippen LogP contribution in [-0.2, 0) is 4.79 Å². The number of amides is 1. The molecule has 30 heavy (non-hydrogen) atoms. The van der Waals surface area contributed by atoms with Gasteiger partial charge in [0.25, 0.3) is 5.91 Å². The molecule has 1 aromatic carbocycles. The monoisotopic (exact) mass is 431 g/mol. The number of carbonyl (C=O) groups is 1. The maximum absolute atomic E-state index is 12.7. The van der Waals surface area contributed by atoms with Gasteiger partial charge < -0.3 is 9.47 Å². The summed E-state index contributed by atoms with van der Waals surface area (Å²) < 4.78 is 10.9. The Kier molecular flexibility index (Phi) is 7.81. The number of nitrogens with zero attached hydrogens (tertiary/aromatic N) is 3. The topological polar surface area (TPSA) is 63.5 Å². The van der Waals surface area contributed by atoms with Crippen LogP contribution in [0.5, 0.6) is 11.5 Å². The number of amidine groups is 2. The molecule has 1 aromatic rings. The van der Waals surface area contributed by atoms with Gasteiger partial charge in [0.1, 0.15) is 11.9 Å². The average Bonchev–Trinajstić information content (AvgIpc) is 3.09. The van der Waals surface area contributed by atoms with Crippen LogP contribution in [0.3, 0.4) is 0 Å². The summed E-state index contributed by atoms with van der Waals surface area (Å²) in [4.78, 5) is 24.1. The first-order chi connectivity index (χ1) is 14.5. The Morgan fingerprint density at radius 2 is 1.70 bits per heavy atom. The second-order valence-electron chi connectivity index (χ2n) is 8.07. The van der Waals surface area contributed by atoms with E-state index in [1.807, 2.05) is 17.0 Å². The number of thioether (sulfide) groups is 1. The van der Waals surface area contributed by atoms with E-state index in [-0.39, 0.29) is 17.9 Å². The molecule has 0 saturated carbocycles. The highest BCUT2D eigenvalue weighted by Gasteiger charge is 2.43. The van der Waals surface area contributed by atoms with Gasteiger partial charge in [-0.3, -0.25) is 9.69 Å². The number of carbonyl (C=O) groups excluding carboxylic acids is 1. The molecule has 2 aliphatic heterocycles. The van der Waals surface area contributed by atoms with Gasteiger partial charge in [-0.05, 0) is 18.4 Å². The van der Waals surface area contributed by atoms with Crippen molar-refractivity contribution in [2.75, 3.05) is 20.0 Å². The number of fused-ring (bicyclic) bond motifs is 3. The van der Waals surface area contributed by atoms with Crippen molar-refractivity contribution in [1.29, 1.82) is 0 Å². The summed E-state index contributed by atoms with van der Waals surface area (Å²) in [5.41, 5.74) is 1.58. The molecule has 0 aliphatic carbocycles. The molecule has 1 atom stereocenters. The van der Waals surface area contributed by atoms with Crippen molar-refractivity contribution >= 4 is 34.4 Å². The number of benzene rings is 1. The van der Waals surface area contributed by atoms with Crippen molar-refractivity contribution in [1.82, 2.24) is 4.90 Å². The molecule has 3 rings (SSSR count). The predicted molar refractivity (Wildman–Crippen MR) is 124 cm³/mol. The van der Waals surface area contributed by atoms with E-state index in [1.54, 1.807) is 26.0 Å². The van der Waals surface area contributed by atoms with Gasteiger partial charge >= 0.3 is 0 Å². The fourth-order valence-corrected chi connectivity index (χ4v) is 4.93. The van der Waals surface area contributed by atoms with Gasteiger partial charge in [-0.2, -0.15) is 4.99 Å². The molecule has 0 N–H and O–H groups in total. The highest BCUT2D eigenvalue weighted by molar-refractivity contribution is 8.13. The summed E-state index contributed by atoms with van der Waals surface area (Å²) in [5.74, 6) is 2.93. The van der Waals surface area contributed by atoms with E-state index in [9.17, 15) is 4.79 Å². The zero-order valence-electron chi connectivity index (χ0n) is 18.7. The third-order valence-corrected chi connectivity index (χ3v) is 6.54. The predicted octanol–water partition coefficient (Wildman–Crippen LogP) is 5.41. The molecule has 0 bridgehead atoms. The van der Waals surface area contributed by atoms with Crippen molar-refractivity contribution in [3.05, 3.63) is 17.7 Å². The van der Waals surface area contributed by atoms with E-state index in [0.717, 1.165) is 28.6 Å². The maximum Gasteiger partial charge on any atom is 0.271 e. The summed E-state index contributed by atoms with van der Waals surface area (Å²) in [5, 5.41) is 0.853. The normalized spacial score (nSPS) is 17.6. The van der Waals surface area contributed by atoms with Gasteiger partial charge in [-0.25, -0.2) is 4.99 Å². The van der Waals surface area contributed by atoms with Gasteiger partial charge in [0.05, 0.1) is 19.9 Å². The number of ether oxygens (including phenoxy) is 2. The third kappa shape index (κ3) is 4.66. The first-order valence-corrected chi connectivity index (χ1v) is 11.9. The summed E-state index contributed by atoms with van der Waals surface area (Å²) in [6.07, 6.45) is 7.55. The van der Waals surface area contributed by atoms with E-state index in [1.165, 1.54) is 32.1 Å². The van der Waals surface area contributed by atoms with Crippen molar-refractivity contribution in [3.8, 4) is 11.5 Å². The molecule has 0 saturated heterocycles. The molecule has 7 heteroatoms. The third-order valence-electron chi connectivity index (χ3n) is 5.50. The van der Waals surface area contributed by atoms with Crippen LogP contribution in [0.15, 0.2) is 22.1 Å². The van der Waals surface area contributed by atoms with Crippen LogP contribution >= 0.6 is 11.8 Å². The zero-order valence-corrected chi connectivity index (χ0v) is 19.6. The SMILES string of the molecule is CCCCCCCCSC1=Nc2cc(OC)c(OC)cc2C2=NC(=O)[C@@H](C(C)C)N12. The Morgan fingerprint density at radius 3 is 2.37 bits per heavy atom. The molecule has 1 amide bonds. The van der Waals surface area contributed by atoms with E-state index in [2.05, 4.69) is 25.8 Å². The lowest BCUT2D eigenvalue weighted by Crippen LogP contribution is -2.46. The quantitative estimate of drug-likeness (QED) is 0.463. The van der Waals surface area contributed by atoms with Gasteiger partial charge in [-0.1, -0.05) is 64.6 Å². The Labute approximate surface area is 184 Å². The van der Waals surface area contributed by atoms with E-state index in [0.29, 0.717) is 17.3 Å². The second kappa shape index (κ2) is 10.3. The fraction of sp³-hybridized carbons (Fsp3) is 0.609. The largest absolute Gasteiger partial charge is 0.493 e. The van der Waals surface area contributed by atoms with Crippen LogP contribution < -0.4 is 9.47 Å². The lowest BCUT2D eigenvalue weighted by molar-refractivity contribution is -0.120. The average molecular weight is 432 g/mol. The summed E-state index contributed by atoms with van der Waals surface area (Å²) in [6.45, 7) is 6.35. The molecule has 0 spiro atoms. The first-order valence-electron chi connectivity index (χ1n) is 10.9. The van der Waals surface area contributed by atoms with E-state index in [4.69, 9.17) is 14.5 Å². The molecule has 0 fully saturated rings. The molecular formula is C23H33N3O3S. The number of hydrogen-bond donors (Lipinski definition) is 0. The molecule has 0 aromatic heterocycles. The van der Waals surface area contributed by atoms with Crippen molar-refractivity contribution < 1.29 is 14.3 Å². The van der Waals surface area contributed by atoms with E-state index >= 15 is 0 Å². The van der Waals surface area contributed by atoms with Gasteiger partial charge in [-0.15, -0.1) is 0 Å². The molecule has 2 aliphatic rings. The number of aliphatic imine (C=N–C) groups is 2. The Bertz CT molecular complexity index is 835. The number of hydrogen-bond acceptors (Lipinski definition) is 6. The zero-order chi connectivity index (χ0) is 21.7. The fourth-order valence-electron chi connectivity index (χ4n) is 3.89. The summed E-state index contributed by atoms with van der Waals surface area (Å²) in [7, 11) is 3.22. The van der Waals surface area contributed by atoms with Gasteiger partial charge in [0.2, 0.25) is 0 Å². The Balaban J connectivity index is 1.86. The Morgan fingerprint density at radius 1 is 1.03 bits per heavy atom. The van der Waals surface area contributed by atoms with Crippen LogP contribution in [-0.4, -0.2) is 47.8 Å². The number of rotatable bonds is 10. The highest BCUT2D eigenvalue weighted by atomic mass is 32.2. The van der Waals surface area contributed by atoms with Crippen LogP contribution in [0.25, 0.3) is 0 Å². The molecule has 6 nitrogen and oxygen atoms in total. The smallest absolute Gasteiger partial charge is 0.271 e. The molecular weight excluding hydrogens is 398 g/mol. The maximum atomic E-state index is 12.7. The van der Waals surface area contributed by atoms with E-state index < -0.39 is 0 Å².